The number of nitrogens with zero attached hydrogens (tertiary/aromatic N) is 4. The van der Waals surface area contributed by atoms with Gasteiger partial charge in [-0.1, -0.05) is 0 Å². The minimum atomic E-state index is -5.09. The van der Waals surface area contributed by atoms with Gasteiger partial charge in [0.25, 0.3) is 0 Å². The van der Waals surface area contributed by atoms with E-state index in [9.17, 15) is 42.0 Å². The maximum Gasteiger partial charge on any atom is 1.00 e. The van der Waals surface area contributed by atoms with Gasteiger partial charge in [-0.2, -0.15) is 10.2 Å². The molecule has 258 valence electrons. The number of hydrazine groups is 1. The zero-order valence-electron chi connectivity index (χ0n) is 27.6. The first-order chi connectivity index (χ1) is 24.2. The number of carboxylic acids is 1. The average molecular weight is 757 g/mol. The minimum absolute atomic E-state index is 0. The van der Waals surface area contributed by atoms with Gasteiger partial charge in [-0.25, -0.2) is 8.42 Å². The molecule has 0 saturated carbocycles. The van der Waals surface area contributed by atoms with Gasteiger partial charge in [0, 0.05) is 11.3 Å². The summed E-state index contributed by atoms with van der Waals surface area (Å²) in [6.45, 7) is 0. The van der Waals surface area contributed by atoms with Crippen LogP contribution in [-0.4, -0.2) is 41.9 Å². The summed E-state index contributed by atoms with van der Waals surface area (Å²) in [6, 6.07) is 12.5. The van der Waals surface area contributed by atoms with Gasteiger partial charge < -0.3 is 25.9 Å². The van der Waals surface area contributed by atoms with E-state index in [1.54, 1.807) is 0 Å². The Morgan fingerprint density at radius 2 is 1.43 bits per heavy atom. The molecule has 2 aliphatic rings. The third-order valence-corrected chi connectivity index (χ3v) is 7.57. The van der Waals surface area contributed by atoms with Crippen LogP contribution in [0.1, 0.15) is 0 Å². The van der Waals surface area contributed by atoms with Crippen molar-refractivity contribution in [1.82, 2.24) is 5.43 Å². The van der Waals surface area contributed by atoms with Gasteiger partial charge in [0.15, 0.2) is 11.1 Å². The fourth-order valence-corrected chi connectivity index (χ4v) is 4.70. The molecule has 0 heterocycles. The van der Waals surface area contributed by atoms with E-state index >= 15 is 0 Å². The van der Waals surface area contributed by atoms with Crippen molar-refractivity contribution in [3.63, 3.8) is 0 Å². The molecule has 0 aliphatic heterocycles. The van der Waals surface area contributed by atoms with Gasteiger partial charge >= 0.3 is 59.1 Å². The van der Waals surface area contributed by atoms with Gasteiger partial charge in [0.2, 0.25) is 16.6 Å². The monoisotopic (exact) mass is 756 g/mol. The molecule has 19 nitrogen and oxygen atoms in total. The third kappa shape index (κ3) is 10.6. The van der Waals surface area contributed by atoms with Crippen molar-refractivity contribution in [1.29, 1.82) is 0 Å². The second-order valence-electron chi connectivity index (χ2n) is 10.3. The summed E-state index contributed by atoms with van der Waals surface area (Å²) < 4.78 is 35.4. The Balaban J connectivity index is 0.00000378. The van der Waals surface area contributed by atoms with Gasteiger partial charge in [-0.05, 0) is 85.0 Å². The van der Waals surface area contributed by atoms with Crippen molar-refractivity contribution in [2.75, 3.05) is 27.7 Å². The number of carbonyl (C=O) groups excluding carboxylic acids is 3. The van der Waals surface area contributed by atoms with Crippen LogP contribution >= 0.6 is 0 Å². The second kappa shape index (κ2) is 17.9. The number of nitrogen functional groups attached to an aromatic ring is 2. The molecule has 0 amide bonds. The molecule has 0 fully saturated rings. The van der Waals surface area contributed by atoms with Crippen LogP contribution in [0.15, 0.2) is 131 Å². The van der Waals surface area contributed by atoms with Crippen LogP contribution < -0.4 is 119 Å². The molecule has 0 unspecified atom stereocenters. The Morgan fingerprint density at radius 3 is 2.06 bits per heavy atom. The summed E-state index contributed by atoms with van der Waals surface area (Å²) in [5.41, 5.74) is 20.2. The number of rotatable bonds is 10. The molecule has 0 aromatic heterocycles. The Bertz CT molecular complexity index is 2540. The number of carboxylic acid groups (broad SMARTS) is 1. The molecule has 0 saturated heterocycles. The van der Waals surface area contributed by atoms with Crippen LogP contribution in [0.2, 0.25) is 0 Å². The molecule has 0 bridgehead atoms. The largest absolute Gasteiger partial charge is 1.00 e. The molecule has 53 heavy (non-hydrogen) atoms. The number of Topliss-reactive ketones (excluding diaryl/α,β-unsaturated/α-hetero) is 1. The smallest absolute Gasteiger partial charge is 0.744 e. The van der Waals surface area contributed by atoms with Crippen LogP contribution in [0, 0.1) is 0 Å². The SMILES string of the molecule is Nc1ccc(NNC2=CC(S(=O)(=O)[O-])=C/C(=N/N=c3\ccc(=O)/c(=N/Nc4ccc(N/N=C5/C=CC(=O)C(C(=O)[O-])=C5)cc4)c3=O)C2=O)c(N)c1.[Na+].[Na+]. The number of nitrogens with one attached hydrogen (secondary N) is 4. The topological polar surface area (TPSA) is 315 Å². The molecule has 5 rings (SSSR count). The van der Waals surface area contributed by atoms with Crippen LogP contribution in [0.4, 0.5) is 28.4 Å². The van der Waals surface area contributed by atoms with E-state index in [1.807, 2.05) is 0 Å². The summed E-state index contributed by atoms with van der Waals surface area (Å²) in [5.74, 6) is -3.27. The van der Waals surface area contributed by atoms with Gasteiger partial charge in [-0.3, -0.25) is 40.9 Å². The normalized spacial score (nSPS) is 16.2. The predicted molar refractivity (Wildman–Crippen MR) is 181 cm³/mol. The Labute approximate surface area is 342 Å². The Morgan fingerprint density at radius 1 is 0.774 bits per heavy atom. The van der Waals surface area contributed by atoms with Crippen molar-refractivity contribution >= 4 is 67.5 Å². The van der Waals surface area contributed by atoms with Crippen molar-refractivity contribution in [3.8, 4) is 0 Å². The minimum Gasteiger partial charge on any atom is -0.744 e. The van der Waals surface area contributed by atoms with Crippen molar-refractivity contribution < 1.29 is 91.6 Å². The maximum atomic E-state index is 13.1. The van der Waals surface area contributed by atoms with Crippen LogP contribution in [0.3, 0.4) is 0 Å². The van der Waals surface area contributed by atoms with Gasteiger partial charge in [-0.15, -0.1) is 10.2 Å². The standard InChI is InChI=1S/C31H24N10O9S.2Na/c32-15-1-7-22(21(33)11-15)37-39-24-13-19(51(48,49)50)14-25(29(24)44)40-38-23-8-10-27(43)28(30(23)45)41-35-17-4-2-16(3-5-17)34-36-18-6-9-26(42)20(12-18)31(46)47;;/h1-14,34-35,37,39H,32-33H2,(H,46,47)(H,48,49,50);;/q;2*+1/p-2/b36-18-,38-23+,40-25-,41-28-;;. The van der Waals surface area contributed by atoms with Crippen LogP contribution in [0.5, 0.6) is 0 Å². The number of hydrazone groups is 1. The summed E-state index contributed by atoms with van der Waals surface area (Å²) in [7, 11) is -5.09. The van der Waals surface area contributed by atoms with E-state index in [-0.39, 0.29) is 76.2 Å². The van der Waals surface area contributed by atoms with E-state index < -0.39 is 71.1 Å². The van der Waals surface area contributed by atoms with Crippen molar-refractivity contribution in [3.05, 3.63) is 132 Å². The number of aliphatic carboxylic acids is 1. The first-order valence-corrected chi connectivity index (χ1v) is 15.6. The number of hydrogen-bond acceptors (Lipinski definition) is 19. The fraction of sp³-hybridized carbons (Fsp3) is 0. The van der Waals surface area contributed by atoms with Crippen molar-refractivity contribution in [2.24, 2.45) is 20.4 Å². The first-order valence-electron chi connectivity index (χ1n) is 14.2. The summed E-state index contributed by atoms with van der Waals surface area (Å²) >= 11 is 0. The molecule has 0 atom stereocenters. The number of carbonyl (C=O) groups is 3. The van der Waals surface area contributed by atoms with E-state index in [2.05, 4.69) is 42.1 Å². The summed E-state index contributed by atoms with van der Waals surface area (Å²) in [5, 5.41) is 25.3. The van der Waals surface area contributed by atoms with Crippen LogP contribution in [-0.2, 0) is 24.5 Å². The fourth-order valence-electron chi connectivity index (χ4n) is 4.18. The Hall–Kier alpha value is -5.32. The zero-order chi connectivity index (χ0) is 36.9. The molecule has 0 spiro atoms. The van der Waals surface area contributed by atoms with Gasteiger partial charge in [0.05, 0.1) is 39.3 Å². The number of ketones is 2. The average Bonchev–Trinajstić information content (AvgIpc) is 3.08. The molecule has 3 aromatic carbocycles. The van der Waals surface area contributed by atoms with E-state index in [1.165, 1.54) is 48.5 Å². The van der Waals surface area contributed by atoms with E-state index in [4.69, 9.17) is 11.5 Å². The van der Waals surface area contributed by atoms with E-state index in [0.29, 0.717) is 23.1 Å². The predicted octanol–water partition coefficient (Wildman–Crippen LogP) is -8.27. The number of hydrogen-bond donors (Lipinski definition) is 6. The second-order valence-corrected chi connectivity index (χ2v) is 11.7. The molecule has 3 aromatic rings. The van der Waals surface area contributed by atoms with Crippen molar-refractivity contribution in [2.45, 2.75) is 0 Å². The summed E-state index contributed by atoms with van der Waals surface area (Å²) in [6.07, 6.45) is 4.85. The molecule has 8 N–H and O–H groups in total. The summed E-state index contributed by atoms with van der Waals surface area (Å²) in [4.78, 5) is 60.4. The zero-order valence-corrected chi connectivity index (χ0v) is 32.4. The quantitative estimate of drug-likeness (QED) is 0.0213. The molecular formula is C31H22N10Na2O9S. The molecule has 0 radical (unpaired) electrons. The third-order valence-electron chi connectivity index (χ3n) is 6.76. The molecule has 22 heteroatoms. The number of anilines is 5. The van der Waals surface area contributed by atoms with Gasteiger partial charge in [0.1, 0.15) is 26.9 Å². The number of nitrogens with two attached hydrogens (primary N) is 2. The first kappa shape index (κ1) is 42.1. The number of benzene rings is 3. The Kier molecular flexibility index (Phi) is 14.3. The maximum absolute atomic E-state index is 13.1. The van der Waals surface area contributed by atoms with Crippen LogP contribution in [0.25, 0.3) is 0 Å². The number of allylic oxidation sites excluding steroid dienone is 6. The molecule has 2 aliphatic carbocycles. The van der Waals surface area contributed by atoms with E-state index in [0.717, 1.165) is 30.4 Å². The molecular weight excluding hydrogens is 734 g/mol.